The lowest BCUT2D eigenvalue weighted by atomic mass is 10.00. The zero-order chi connectivity index (χ0) is 25.9. The second-order valence-corrected chi connectivity index (χ2v) is 9.61. The van der Waals surface area contributed by atoms with Crippen molar-refractivity contribution in [3.8, 4) is 22.6 Å². The van der Waals surface area contributed by atoms with Gasteiger partial charge in [0.1, 0.15) is 11.7 Å². The molecule has 0 aliphatic carbocycles. The van der Waals surface area contributed by atoms with Gasteiger partial charge in [-0.1, -0.05) is 24.3 Å². The molecular formula is C26H27Cl2F3N8. The maximum Gasteiger partial charge on any atom is 0.408 e. The van der Waals surface area contributed by atoms with Crippen molar-refractivity contribution in [1.82, 2.24) is 34.3 Å². The first kappa shape index (κ1) is 28.8. The number of likely N-dealkylation sites (tertiary alicyclic amines) is 1. The molecule has 5 heterocycles. The molecule has 0 spiro atoms. The van der Waals surface area contributed by atoms with Crippen LogP contribution < -0.4 is 5.73 Å². The minimum absolute atomic E-state index is 0. The number of alkyl halides is 3. The highest BCUT2D eigenvalue weighted by atomic mass is 35.5. The molecule has 1 aliphatic rings. The van der Waals surface area contributed by atoms with Gasteiger partial charge in [0.25, 0.3) is 0 Å². The van der Waals surface area contributed by atoms with Gasteiger partial charge in [-0.15, -0.1) is 35.0 Å². The molecular weight excluding hydrogens is 552 g/mol. The van der Waals surface area contributed by atoms with Gasteiger partial charge in [-0.2, -0.15) is 18.3 Å². The molecule has 0 bridgehead atoms. The normalized spacial score (nSPS) is 16.8. The fraction of sp³-hybridized carbons (Fsp3) is 0.308. The molecule has 13 heteroatoms. The lowest BCUT2D eigenvalue weighted by Crippen LogP contribution is -2.38. The van der Waals surface area contributed by atoms with Crippen molar-refractivity contribution >= 4 is 41.4 Å². The summed E-state index contributed by atoms with van der Waals surface area (Å²) in [7, 11) is 1.86. The number of aromatic nitrogens is 6. The van der Waals surface area contributed by atoms with Gasteiger partial charge >= 0.3 is 6.18 Å². The number of halogens is 5. The van der Waals surface area contributed by atoms with Crippen molar-refractivity contribution in [3.63, 3.8) is 0 Å². The van der Waals surface area contributed by atoms with Gasteiger partial charge in [-0.25, -0.2) is 4.98 Å². The van der Waals surface area contributed by atoms with E-state index in [1.807, 2.05) is 44.4 Å². The van der Waals surface area contributed by atoms with Crippen molar-refractivity contribution in [2.75, 3.05) is 13.1 Å². The Balaban J connectivity index is 0.00000176. The number of nitrogens with two attached hydrogens (primary N) is 1. The Morgan fingerprint density at radius 1 is 1.03 bits per heavy atom. The Hall–Kier alpha value is -3.25. The van der Waals surface area contributed by atoms with E-state index in [1.165, 1.54) is 17.2 Å². The van der Waals surface area contributed by atoms with Crippen molar-refractivity contribution < 1.29 is 13.2 Å². The molecule has 0 amide bonds. The smallest absolute Gasteiger partial charge is 0.326 e. The Labute approximate surface area is 234 Å². The van der Waals surface area contributed by atoms with E-state index in [9.17, 15) is 13.2 Å². The average Bonchev–Trinajstić information content (AvgIpc) is 3.58. The van der Waals surface area contributed by atoms with Crippen LogP contribution in [-0.2, 0) is 7.05 Å². The van der Waals surface area contributed by atoms with Crippen LogP contribution in [0.1, 0.15) is 23.6 Å². The number of aryl methyl sites for hydroxylation is 2. The van der Waals surface area contributed by atoms with E-state index in [2.05, 4.69) is 15.3 Å². The third-order valence-corrected chi connectivity index (χ3v) is 7.03. The van der Waals surface area contributed by atoms with Crippen molar-refractivity contribution in [2.24, 2.45) is 12.8 Å². The van der Waals surface area contributed by atoms with Gasteiger partial charge < -0.3 is 5.73 Å². The molecule has 39 heavy (non-hydrogen) atoms. The standard InChI is InChI=1S/C26H25F3N8.2ClH/c1-15-20(18-11-31-35(2)12-18)6-3-16-4-7-21(32-23(15)16)25-34-33-22-8-5-17(13-37(22)25)24(26(27,28)29)36-10-9-19(30)14-36;;/h3-8,11-13,19,24H,9-10,14,30H2,1-2H3;2*1H/t19-,24+;;/m0../s1. The maximum absolute atomic E-state index is 14.2. The molecule has 2 N–H and O–H groups in total. The predicted molar refractivity (Wildman–Crippen MR) is 148 cm³/mol. The summed E-state index contributed by atoms with van der Waals surface area (Å²) in [5, 5.41) is 13.7. The van der Waals surface area contributed by atoms with Crippen LogP contribution in [0.25, 0.3) is 39.2 Å². The minimum atomic E-state index is -4.45. The zero-order valence-electron chi connectivity index (χ0n) is 21.1. The molecule has 5 aromatic rings. The Bertz CT molecular complexity index is 1630. The van der Waals surface area contributed by atoms with Crippen molar-refractivity contribution in [2.45, 2.75) is 31.6 Å². The summed E-state index contributed by atoms with van der Waals surface area (Å²) in [4.78, 5) is 6.27. The van der Waals surface area contributed by atoms with E-state index < -0.39 is 12.2 Å². The minimum Gasteiger partial charge on any atom is -0.326 e. The second-order valence-electron chi connectivity index (χ2n) is 9.61. The third kappa shape index (κ3) is 5.19. The highest BCUT2D eigenvalue weighted by Gasteiger charge is 2.46. The monoisotopic (exact) mass is 578 g/mol. The van der Waals surface area contributed by atoms with Gasteiger partial charge in [0.05, 0.1) is 11.7 Å². The van der Waals surface area contributed by atoms with Gasteiger partial charge in [0.2, 0.25) is 0 Å². The van der Waals surface area contributed by atoms with Crippen LogP contribution in [0.15, 0.2) is 55.0 Å². The molecule has 2 atom stereocenters. The quantitative estimate of drug-likeness (QED) is 0.318. The van der Waals surface area contributed by atoms with E-state index in [-0.39, 0.29) is 43.0 Å². The summed E-state index contributed by atoms with van der Waals surface area (Å²) in [6, 6.07) is 8.80. The molecule has 1 aliphatic heterocycles. The zero-order valence-corrected chi connectivity index (χ0v) is 22.8. The molecule has 4 aromatic heterocycles. The van der Waals surface area contributed by atoms with E-state index in [0.717, 1.165) is 27.6 Å². The molecule has 0 saturated carbocycles. The lowest BCUT2D eigenvalue weighted by Gasteiger charge is -2.30. The number of benzene rings is 1. The molecule has 1 saturated heterocycles. The van der Waals surface area contributed by atoms with Crippen LogP contribution in [0.5, 0.6) is 0 Å². The Morgan fingerprint density at radius 3 is 2.46 bits per heavy atom. The summed E-state index contributed by atoms with van der Waals surface area (Å²) >= 11 is 0. The second kappa shape index (κ2) is 10.7. The number of hydrogen-bond donors (Lipinski definition) is 1. The third-order valence-electron chi connectivity index (χ3n) is 7.03. The van der Waals surface area contributed by atoms with E-state index in [4.69, 9.17) is 10.7 Å². The summed E-state index contributed by atoms with van der Waals surface area (Å²) in [5.41, 5.74) is 10.8. The summed E-state index contributed by atoms with van der Waals surface area (Å²) in [6.45, 7) is 2.49. The van der Waals surface area contributed by atoms with E-state index in [1.54, 1.807) is 21.3 Å². The largest absolute Gasteiger partial charge is 0.408 e. The Kier molecular flexibility index (Phi) is 7.91. The molecule has 1 fully saturated rings. The van der Waals surface area contributed by atoms with Crippen LogP contribution in [0.2, 0.25) is 0 Å². The SMILES string of the molecule is Cc1c(-c2cnn(C)c2)ccc2ccc(-c3nnc4ccc([C@@H](N5CC[C@H](N)C5)C(F)(F)F)cn34)nc12.Cl.Cl. The number of hydrogen-bond acceptors (Lipinski definition) is 6. The van der Waals surface area contributed by atoms with Gasteiger partial charge in [0, 0.05) is 49.5 Å². The van der Waals surface area contributed by atoms with E-state index in [0.29, 0.717) is 30.1 Å². The van der Waals surface area contributed by atoms with Crippen molar-refractivity contribution in [3.05, 3.63) is 66.1 Å². The van der Waals surface area contributed by atoms with Crippen molar-refractivity contribution in [1.29, 1.82) is 0 Å². The summed E-state index contributed by atoms with van der Waals surface area (Å²) in [6.07, 6.45) is 1.30. The summed E-state index contributed by atoms with van der Waals surface area (Å²) < 4.78 is 45.9. The predicted octanol–water partition coefficient (Wildman–Crippen LogP) is 5.13. The molecule has 0 unspecified atom stereocenters. The molecule has 6 rings (SSSR count). The van der Waals surface area contributed by atoms with Crippen LogP contribution in [0.4, 0.5) is 13.2 Å². The fourth-order valence-electron chi connectivity index (χ4n) is 5.23. The van der Waals surface area contributed by atoms with Crippen LogP contribution in [0, 0.1) is 6.92 Å². The first-order valence-corrected chi connectivity index (χ1v) is 12.0. The number of fused-ring (bicyclic) bond motifs is 2. The maximum atomic E-state index is 14.2. The highest BCUT2D eigenvalue weighted by Crippen LogP contribution is 2.39. The Morgan fingerprint density at radius 2 is 1.79 bits per heavy atom. The highest BCUT2D eigenvalue weighted by molar-refractivity contribution is 5.89. The summed E-state index contributed by atoms with van der Waals surface area (Å²) in [5.74, 6) is 0.379. The average molecular weight is 579 g/mol. The number of pyridine rings is 2. The number of nitrogens with zero attached hydrogens (tertiary/aromatic N) is 7. The topological polar surface area (TPSA) is 90.2 Å². The lowest BCUT2D eigenvalue weighted by molar-refractivity contribution is -0.183. The van der Waals surface area contributed by atoms with E-state index >= 15 is 0 Å². The van der Waals surface area contributed by atoms with Gasteiger partial charge in [0.15, 0.2) is 11.5 Å². The van der Waals surface area contributed by atoms with Crippen LogP contribution >= 0.6 is 24.8 Å². The molecule has 8 nitrogen and oxygen atoms in total. The molecule has 1 aromatic carbocycles. The van der Waals surface area contributed by atoms with Gasteiger partial charge in [-0.05, 0) is 42.2 Å². The first-order chi connectivity index (χ1) is 17.7. The van der Waals surface area contributed by atoms with Crippen LogP contribution in [-0.4, -0.2) is 59.6 Å². The molecule has 0 radical (unpaired) electrons. The van der Waals surface area contributed by atoms with Gasteiger partial charge in [-0.3, -0.25) is 14.0 Å². The van der Waals surface area contributed by atoms with Crippen LogP contribution in [0.3, 0.4) is 0 Å². The number of rotatable bonds is 4. The first-order valence-electron chi connectivity index (χ1n) is 12.0. The fourth-order valence-corrected chi connectivity index (χ4v) is 5.23. The molecule has 206 valence electrons.